The van der Waals surface area contributed by atoms with Crippen LogP contribution < -0.4 is 4.72 Å². The molecule has 9 heteroatoms. The van der Waals surface area contributed by atoms with Gasteiger partial charge in [0.25, 0.3) is 11.6 Å². The van der Waals surface area contributed by atoms with Crippen molar-refractivity contribution in [3.8, 4) is 0 Å². The number of nitrogens with one attached hydrogen (secondary N) is 1. The fourth-order valence-corrected chi connectivity index (χ4v) is 4.72. The van der Waals surface area contributed by atoms with Gasteiger partial charge in [0.15, 0.2) is 0 Å². The molecule has 0 radical (unpaired) electrons. The summed E-state index contributed by atoms with van der Waals surface area (Å²) in [6.45, 7) is 2.86. The number of nitrogens with zero attached hydrogens (tertiary/aromatic N) is 2. The molecule has 0 bridgehead atoms. The molecule has 2 aromatic rings. The second-order valence-electron chi connectivity index (χ2n) is 7.04. The lowest BCUT2D eigenvalue weighted by atomic mass is 10.1. The maximum atomic E-state index is 12.7. The van der Waals surface area contributed by atoms with Crippen LogP contribution in [0.3, 0.4) is 0 Å². The van der Waals surface area contributed by atoms with E-state index in [0.717, 1.165) is 32.4 Å². The van der Waals surface area contributed by atoms with Gasteiger partial charge in [-0.3, -0.25) is 14.9 Å². The minimum absolute atomic E-state index is 0.0222. The Labute approximate surface area is 169 Å². The standard InChI is InChI=1S/C20H23N3O5S/c1-15-18(23(25)26)9-6-10-19(15)29(27,28)21-14-16-7-5-8-17(13-16)20(24)22-11-3-2-4-12-22/h5-10,13,21H,2-4,11-12,14H2,1H3. The lowest BCUT2D eigenvalue weighted by Gasteiger charge is -2.26. The van der Waals surface area contributed by atoms with Crippen LogP contribution in [0.1, 0.15) is 40.7 Å². The van der Waals surface area contributed by atoms with E-state index in [9.17, 15) is 23.3 Å². The number of nitro benzene ring substituents is 1. The van der Waals surface area contributed by atoms with Crippen LogP contribution in [0.4, 0.5) is 5.69 Å². The number of hydrogen-bond donors (Lipinski definition) is 1. The second-order valence-corrected chi connectivity index (χ2v) is 8.77. The van der Waals surface area contributed by atoms with Crippen LogP contribution >= 0.6 is 0 Å². The van der Waals surface area contributed by atoms with Crippen molar-refractivity contribution in [2.75, 3.05) is 13.1 Å². The zero-order valence-electron chi connectivity index (χ0n) is 16.1. The Kier molecular flexibility index (Phi) is 6.29. The SMILES string of the molecule is Cc1c([N+](=O)[O-])cccc1S(=O)(=O)NCc1cccc(C(=O)N2CCCCC2)c1. The molecule has 1 amide bonds. The molecule has 154 valence electrons. The van der Waals surface area contributed by atoms with Gasteiger partial charge in [0.2, 0.25) is 10.0 Å². The van der Waals surface area contributed by atoms with Gasteiger partial charge in [0, 0.05) is 36.8 Å². The predicted octanol–water partition coefficient (Wildman–Crippen LogP) is 3.01. The van der Waals surface area contributed by atoms with Crippen LogP contribution in [-0.4, -0.2) is 37.2 Å². The molecule has 29 heavy (non-hydrogen) atoms. The lowest BCUT2D eigenvalue weighted by molar-refractivity contribution is -0.385. The molecule has 3 rings (SSSR count). The molecule has 1 fully saturated rings. The van der Waals surface area contributed by atoms with Crippen LogP contribution in [0.5, 0.6) is 0 Å². The number of piperidine rings is 1. The number of rotatable bonds is 6. The Balaban J connectivity index is 1.75. The third kappa shape index (κ3) is 4.80. The first-order valence-corrected chi connectivity index (χ1v) is 10.9. The first kappa shape index (κ1) is 20.9. The average Bonchev–Trinajstić information content (AvgIpc) is 2.72. The predicted molar refractivity (Wildman–Crippen MR) is 108 cm³/mol. The molecule has 0 atom stereocenters. The fourth-order valence-electron chi connectivity index (χ4n) is 3.44. The van der Waals surface area contributed by atoms with E-state index in [-0.39, 0.29) is 28.6 Å². The molecule has 1 heterocycles. The van der Waals surface area contributed by atoms with Crippen LogP contribution in [0.15, 0.2) is 47.4 Å². The number of likely N-dealkylation sites (tertiary alicyclic amines) is 1. The van der Waals surface area contributed by atoms with Gasteiger partial charge in [0.1, 0.15) is 0 Å². The Bertz CT molecular complexity index is 1030. The van der Waals surface area contributed by atoms with Crippen molar-refractivity contribution in [3.63, 3.8) is 0 Å². The van der Waals surface area contributed by atoms with E-state index in [4.69, 9.17) is 0 Å². The van der Waals surface area contributed by atoms with Gasteiger partial charge >= 0.3 is 0 Å². The molecule has 1 N–H and O–H groups in total. The summed E-state index contributed by atoms with van der Waals surface area (Å²) in [7, 11) is -3.95. The average molecular weight is 417 g/mol. The van der Waals surface area contributed by atoms with E-state index >= 15 is 0 Å². The van der Waals surface area contributed by atoms with Gasteiger partial charge in [0.05, 0.1) is 9.82 Å². The molecule has 0 aromatic heterocycles. The van der Waals surface area contributed by atoms with E-state index in [0.29, 0.717) is 11.1 Å². The van der Waals surface area contributed by atoms with E-state index in [1.165, 1.54) is 25.1 Å². The zero-order valence-corrected chi connectivity index (χ0v) is 16.9. The van der Waals surface area contributed by atoms with Crippen LogP contribution in [0.25, 0.3) is 0 Å². The Hall–Kier alpha value is -2.78. The number of amides is 1. The van der Waals surface area contributed by atoms with Crippen molar-refractivity contribution in [1.82, 2.24) is 9.62 Å². The molecule has 2 aromatic carbocycles. The van der Waals surface area contributed by atoms with Gasteiger partial charge in [-0.05, 0) is 49.9 Å². The van der Waals surface area contributed by atoms with Gasteiger partial charge < -0.3 is 4.90 Å². The number of sulfonamides is 1. The summed E-state index contributed by atoms with van der Waals surface area (Å²) in [5.74, 6) is -0.0519. The van der Waals surface area contributed by atoms with E-state index in [1.807, 2.05) is 4.90 Å². The Morgan fingerprint density at radius 1 is 1.14 bits per heavy atom. The molecule has 0 unspecified atom stereocenters. The van der Waals surface area contributed by atoms with E-state index in [1.54, 1.807) is 24.3 Å². The summed E-state index contributed by atoms with van der Waals surface area (Å²) in [5.41, 5.74) is 0.996. The summed E-state index contributed by atoms with van der Waals surface area (Å²) >= 11 is 0. The molecule has 1 aliphatic rings. The van der Waals surface area contributed by atoms with Gasteiger partial charge in [-0.2, -0.15) is 0 Å². The third-order valence-electron chi connectivity index (χ3n) is 5.03. The van der Waals surface area contributed by atoms with Gasteiger partial charge in [-0.1, -0.05) is 18.2 Å². The van der Waals surface area contributed by atoms with Gasteiger partial charge in [-0.15, -0.1) is 0 Å². The molecule has 1 aliphatic heterocycles. The molecular formula is C20H23N3O5S. The number of nitro groups is 1. The number of benzene rings is 2. The van der Waals surface area contributed by atoms with Crippen molar-refractivity contribution in [1.29, 1.82) is 0 Å². The maximum Gasteiger partial charge on any atom is 0.273 e. The quantitative estimate of drug-likeness (QED) is 0.574. The van der Waals surface area contributed by atoms with E-state index < -0.39 is 14.9 Å². The van der Waals surface area contributed by atoms with Crippen molar-refractivity contribution >= 4 is 21.6 Å². The zero-order chi connectivity index (χ0) is 21.0. The largest absolute Gasteiger partial charge is 0.339 e. The smallest absolute Gasteiger partial charge is 0.273 e. The second kappa shape index (κ2) is 8.71. The molecule has 0 aliphatic carbocycles. The highest BCUT2D eigenvalue weighted by Crippen LogP contribution is 2.24. The first-order chi connectivity index (χ1) is 13.8. The highest BCUT2D eigenvalue weighted by Gasteiger charge is 2.23. The third-order valence-corrected chi connectivity index (χ3v) is 6.57. The van der Waals surface area contributed by atoms with Crippen molar-refractivity contribution in [2.24, 2.45) is 0 Å². The monoisotopic (exact) mass is 417 g/mol. The maximum absolute atomic E-state index is 12.7. The highest BCUT2D eigenvalue weighted by molar-refractivity contribution is 7.89. The van der Waals surface area contributed by atoms with Crippen molar-refractivity contribution < 1.29 is 18.1 Å². The topological polar surface area (TPSA) is 110 Å². The summed E-state index contributed by atoms with van der Waals surface area (Å²) in [5, 5.41) is 11.1. The molecular weight excluding hydrogens is 394 g/mol. The Morgan fingerprint density at radius 3 is 2.52 bits per heavy atom. The van der Waals surface area contributed by atoms with Crippen LogP contribution in [-0.2, 0) is 16.6 Å². The minimum Gasteiger partial charge on any atom is -0.339 e. The molecule has 0 saturated carbocycles. The van der Waals surface area contributed by atoms with Gasteiger partial charge in [-0.25, -0.2) is 13.1 Å². The van der Waals surface area contributed by atoms with E-state index in [2.05, 4.69) is 4.72 Å². The van der Waals surface area contributed by atoms with Crippen molar-refractivity contribution in [2.45, 2.75) is 37.6 Å². The summed E-state index contributed by atoms with van der Waals surface area (Å²) in [4.78, 5) is 24.8. The summed E-state index contributed by atoms with van der Waals surface area (Å²) in [6, 6.07) is 10.8. The van der Waals surface area contributed by atoms with Crippen LogP contribution in [0, 0.1) is 17.0 Å². The van der Waals surface area contributed by atoms with Crippen molar-refractivity contribution in [3.05, 3.63) is 69.3 Å². The summed E-state index contributed by atoms with van der Waals surface area (Å²) in [6.07, 6.45) is 3.12. The first-order valence-electron chi connectivity index (χ1n) is 9.41. The molecule has 1 saturated heterocycles. The van der Waals surface area contributed by atoms with Crippen LogP contribution in [0.2, 0.25) is 0 Å². The summed E-state index contributed by atoms with van der Waals surface area (Å²) < 4.78 is 27.8. The number of hydrogen-bond acceptors (Lipinski definition) is 5. The molecule has 8 nitrogen and oxygen atoms in total. The minimum atomic E-state index is -3.95. The normalized spacial score (nSPS) is 14.6. The number of carbonyl (C=O) groups is 1. The number of carbonyl (C=O) groups excluding carboxylic acids is 1. The Morgan fingerprint density at radius 2 is 1.83 bits per heavy atom. The lowest BCUT2D eigenvalue weighted by Crippen LogP contribution is -2.35. The fraction of sp³-hybridized carbons (Fsp3) is 0.350. The highest BCUT2D eigenvalue weighted by atomic mass is 32.2. The molecule has 0 spiro atoms.